The Balaban J connectivity index is 1.83. The second kappa shape index (κ2) is 7.66. The molecule has 0 radical (unpaired) electrons. The number of carbonyl (C=O) groups excluding carboxylic acids is 3. The Morgan fingerprint density at radius 2 is 1.96 bits per heavy atom. The molecule has 10 heteroatoms. The van der Waals surface area contributed by atoms with Crippen molar-refractivity contribution in [2.24, 2.45) is 5.73 Å². The number of aromatic nitrogens is 4. The fourth-order valence-corrected chi connectivity index (χ4v) is 2.93. The number of pyridine rings is 1. The van der Waals surface area contributed by atoms with Gasteiger partial charge in [-0.25, -0.2) is 0 Å². The van der Waals surface area contributed by atoms with Crippen molar-refractivity contribution in [2.75, 3.05) is 0 Å². The number of primary amides is 1. The second-order valence-electron chi connectivity index (χ2n) is 5.38. The number of ketones is 1. The predicted octanol–water partition coefficient (Wildman–Crippen LogP) is 0.324. The maximum atomic E-state index is 12.6. The third kappa shape index (κ3) is 3.81. The molecule has 0 saturated heterocycles. The van der Waals surface area contributed by atoms with Crippen molar-refractivity contribution in [3.63, 3.8) is 0 Å². The van der Waals surface area contributed by atoms with Gasteiger partial charge in [0.2, 0.25) is 5.78 Å². The van der Waals surface area contributed by atoms with Gasteiger partial charge in [-0.05, 0) is 23.8 Å². The van der Waals surface area contributed by atoms with Gasteiger partial charge in [-0.15, -0.1) is 0 Å². The number of hydrogen-bond acceptors (Lipinski definition) is 7. The Kier molecular flexibility index (Phi) is 5.13. The first-order valence-electron chi connectivity index (χ1n) is 7.55. The minimum absolute atomic E-state index is 0.0672. The summed E-state index contributed by atoms with van der Waals surface area (Å²) < 4.78 is 8.14. The van der Waals surface area contributed by atoms with Crippen molar-refractivity contribution in [3.05, 3.63) is 54.2 Å². The molecule has 9 nitrogen and oxygen atoms in total. The Bertz CT molecular complexity index is 923. The zero-order chi connectivity index (χ0) is 18.5. The Morgan fingerprint density at radius 3 is 2.62 bits per heavy atom. The summed E-state index contributed by atoms with van der Waals surface area (Å²) in [4.78, 5) is 42.8. The molecule has 0 aliphatic heterocycles. The molecule has 0 aliphatic rings. The van der Waals surface area contributed by atoms with E-state index in [1.54, 1.807) is 43.0 Å². The SMILES string of the molecule is NC(=O)C(=O)C(Cc1cc[nH]c1)NC(=O)c1nsnc1-c1ccncc1. The van der Waals surface area contributed by atoms with Gasteiger partial charge in [0.15, 0.2) is 5.69 Å². The van der Waals surface area contributed by atoms with E-state index in [1.807, 2.05) is 0 Å². The smallest absolute Gasteiger partial charge is 0.287 e. The van der Waals surface area contributed by atoms with Gasteiger partial charge in [0, 0.05) is 36.8 Å². The molecule has 3 heterocycles. The molecule has 3 aromatic heterocycles. The van der Waals surface area contributed by atoms with E-state index in [-0.39, 0.29) is 12.1 Å². The molecule has 0 saturated carbocycles. The highest BCUT2D eigenvalue weighted by atomic mass is 32.1. The molecule has 132 valence electrons. The lowest BCUT2D eigenvalue weighted by molar-refractivity contribution is -0.137. The van der Waals surface area contributed by atoms with Gasteiger partial charge in [-0.2, -0.15) is 8.75 Å². The molecule has 0 spiro atoms. The first kappa shape index (κ1) is 17.4. The molecular formula is C16H14N6O3S. The number of carbonyl (C=O) groups is 3. The topological polar surface area (TPSA) is 144 Å². The normalized spacial score (nSPS) is 11.7. The van der Waals surface area contributed by atoms with E-state index in [4.69, 9.17) is 5.73 Å². The van der Waals surface area contributed by atoms with Crippen LogP contribution in [-0.2, 0) is 16.0 Å². The molecule has 0 aliphatic carbocycles. The monoisotopic (exact) mass is 370 g/mol. The molecule has 2 amide bonds. The summed E-state index contributed by atoms with van der Waals surface area (Å²) in [6, 6.07) is 4.03. The second-order valence-corrected chi connectivity index (χ2v) is 5.90. The lowest BCUT2D eigenvalue weighted by Crippen LogP contribution is -2.47. The lowest BCUT2D eigenvalue weighted by atomic mass is 10.0. The summed E-state index contributed by atoms with van der Waals surface area (Å²) in [7, 11) is 0. The quantitative estimate of drug-likeness (QED) is 0.511. The summed E-state index contributed by atoms with van der Waals surface area (Å²) in [6.07, 6.45) is 6.61. The van der Waals surface area contributed by atoms with Gasteiger partial charge < -0.3 is 16.0 Å². The van der Waals surface area contributed by atoms with Gasteiger partial charge >= 0.3 is 0 Å². The maximum Gasteiger partial charge on any atom is 0.287 e. The minimum Gasteiger partial charge on any atom is -0.367 e. The largest absolute Gasteiger partial charge is 0.367 e. The van der Waals surface area contributed by atoms with Crippen molar-refractivity contribution < 1.29 is 14.4 Å². The average Bonchev–Trinajstić information content (AvgIpc) is 3.32. The number of hydrogen-bond donors (Lipinski definition) is 3. The highest BCUT2D eigenvalue weighted by Gasteiger charge is 2.28. The molecule has 0 aromatic carbocycles. The number of nitrogens with two attached hydrogens (primary N) is 1. The predicted molar refractivity (Wildman–Crippen MR) is 93.1 cm³/mol. The van der Waals surface area contributed by atoms with Crippen LogP contribution in [0.25, 0.3) is 11.3 Å². The van der Waals surface area contributed by atoms with E-state index in [1.165, 1.54) is 0 Å². The highest BCUT2D eigenvalue weighted by molar-refractivity contribution is 6.99. The van der Waals surface area contributed by atoms with Crippen LogP contribution in [0.2, 0.25) is 0 Å². The molecule has 4 N–H and O–H groups in total. The number of amides is 2. The molecular weight excluding hydrogens is 356 g/mol. The van der Waals surface area contributed by atoms with Gasteiger partial charge in [-0.1, -0.05) is 0 Å². The Morgan fingerprint density at radius 1 is 1.19 bits per heavy atom. The van der Waals surface area contributed by atoms with E-state index in [0.717, 1.165) is 17.3 Å². The van der Waals surface area contributed by atoms with Gasteiger partial charge in [-0.3, -0.25) is 19.4 Å². The van der Waals surface area contributed by atoms with E-state index < -0.39 is 23.6 Å². The summed E-state index contributed by atoms with van der Waals surface area (Å²) >= 11 is 0.874. The van der Waals surface area contributed by atoms with Crippen LogP contribution in [0.1, 0.15) is 16.1 Å². The van der Waals surface area contributed by atoms with Crippen molar-refractivity contribution in [1.29, 1.82) is 0 Å². The summed E-state index contributed by atoms with van der Waals surface area (Å²) in [6.45, 7) is 0. The third-order valence-corrected chi connectivity index (χ3v) is 4.15. The third-order valence-electron chi connectivity index (χ3n) is 3.62. The zero-order valence-electron chi connectivity index (χ0n) is 13.4. The van der Waals surface area contributed by atoms with Crippen LogP contribution in [0.4, 0.5) is 0 Å². The molecule has 1 unspecified atom stereocenters. The van der Waals surface area contributed by atoms with Gasteiger partial charge in [0.05, 0.1) is 11.7 Å². The number of aromatic amines is 1. The first-order valence-corrected chi connectivity index (χ1v) is 8.28. The number of H-pyrrole nitrogens is 1. The average molecular weight is 370 g/mol. The Hall–Kier alpha value is -3.40. The van der Waals surface area contributed by atoms with E-state index in [2.05, 4.69) is 24.0 Å². The van der Waals surface area contributed by atoms with Crippen LogP contribution in [0.3, 0.4) is 0 Å². The van der Waals surface area contributed by atoms with Gasteiger partial charge in [0.1, 0.15) is 11.7 Å². The molecule has 0 bridgehead atoms. The fraction of sp³-hybridized carbons (Fsp3) is 0.125. The Labute approximate surface area is 152 Å². The number of Topliss-reactive ketones (excluding diaryl/α,β-unsaturated/α-hetero) is 1. The van der Waals surface area contributed by atoms with Crippen LogP contribution in [-0.4, -0.2) is 42.4 Å². The highest BCUT2D eigenvalue weighted by Crippen LogP contribution is 2.21. The van der Waals surface area contributed by atoms with E-state index in [0.29, 0.717) is 11.3 Å². The van der Waals surface area contributed by atoms with E-state index in [9.17, 15) is 14.4 Å². The summed E-state index contributed by atoms with van der Waals surface area (Å²) in [5.74, 6) is -2.61. The standard InChI is InChI=1S/C16H14N6O3S/c17-15(24)14(23)11(7-9-1-4-19-8-9)20-16(25)13-12(21-26-22-13)10-2-5-18-6-3-10/h1-6,8,11,19H,7H2,(H2,17,24)(H,20,25). The zero-order valence-corrected chi connectivity index (χ0v) is 14.2. The minimum atomic E-state index is -1.11. The molecule has 1 atom stereocenters. The van der Waals surface area contributed by atoms with Crippen molar-refractivity contribution in [3.8, 4) is 11.3 Å². The lowest BCUT2D eigenvalue weighted by Gasteiger charge is -2.15. The maximum absolute atomic E-state index is 12.6. The van der Waals surface area contributed by atoms with Crippen LogP contribution in [0.5, 0.6) is 0 Å². The van der Waals surface area contributed by atoms with Crippen LogP contribution < -0.4 is 11.1 Å². The molecule has 26 heavy (non-hydrogen) atoms. The van der Waals surface area contributed by atoms with E-state index >= 15 is 0 Å². The van der Waals surface area contributed by atoms with Gasteiger partial charge in [0.25, 0.3) is 11.8 Å². The first-order chi connectivity index (χ1) is 12.6. The number of nitrogens with zero attached hydrogens (tertiary/aromatic N) is 3. The van der Waals surface area contributed by atoms with Crippen LogP contribution >= 0.6 is 11.7 Å². The van der Waals surface area contributed by atoms with Crippen LogP contribution in [0.15, 0.2) is 43.0 Å². The molecule has 0 fully saturated rings. The van der Waals surface area contributed by atoms with Crippen LogP contribution in [0, 0.1) is 0 Å². The van der Waals surface area contributed by atoms with Crippen molar-refractivity contribution in [1.82, 2.24) is 24.0 Å². The fourth-order valence-electron chi connectivity index (χ4n) is 2.37. The van der Waals surface area contributed by atoms with Crippen molar-refractivity contribution in [2.45, 2.75) is 12.5 Å². The number of nitrogens with one attached hydrogen (secondary N) is 2. The molecule has 3 rings (SSSR count). The summed E-state index contributed by atoms with van der Waals surface area (Å²) in [5.41, 5.74) is 6.96. The number of rotatable bonds is 7. The van der Waals surface area contributed by atoms with Crippen molar-refractivity contribution >= 4 is 29.3 Å². The molecule has 3 aromatic rings. The summed E-state index contributed by atoms with van der Waals surface area (Å²) in [5, 5.41) is 2.53.